The Morgan fingerprint density at radius 3 is 2.90 bits per heavy atom. The minimum Gasteiger partial charge on any atom is -0.481 e. The summed E-state index contributed by atoms with van der Waals surface area (Å²) in [6.45, 7) is 12.1. The first-order chi connectivity index (χ1) is 9.91. The fourth-order valence-electron chi connectivity index (χ4n) is 3.12. The first kappa shape index (κ1) is 16.2. The van der Waals surface area contributed by atoms with Crippen LogP contribution in [0.5, 0.6) is 5.88 Å². The van der Waals surface area contributed by atoms with Gasteiger partial charge in [0, 0.05) is 43.0 Å². The van der Waals surface area contributed by atoms with Crippen molar-refractivity contribution in [3.63, 3.8) is 0 Å². The molecule has 4 heteroatoms. The zero-order valence-corrected chi connectivity index (χ0v) is 14.0. The van der Waals surface area contributed by atoms with Gasteiger partial charge in [-0.3, -0.25) is 4.90 Å². The van der Waals surface area contributed by atoms with Crippen molar-refractivity contribution in [2.45, 2.75) is 52.2 Å². The summed E-state index contributed by atoms with van der Waals surface area (Å²) in [7, 11) is 1.69. The highest BCUT2D eigenvalue weighted by Gasteiger charge is 2.33. The Morgan fingerprint density at radius 1 is 1.48 bits per heavy atom. The summed E-state index contributed by atoms with van der Waals surface area (Å²) in [5.41, 5.74) is 1.33. The van der Waals surface area contributed by atoms with Crippen molar-refractivity contribution in [2.75, 3.05) is 20.2 Å². The Hall–Kier alpha value is -1.13. The number of methoxy groups -OCH3 is 1. The van der Waals surface area contributed by atoms with Gasteiger partial charge in [0.2, 0.25) is 5.88 Å². The number of nitrogens with zero attached hydrogens (tertiary/aromatic N) is 2. The maximum atomic E-state index is 5.40. The molecule has 2 rings (SSSR count). The van der Waals surface area contributed by atoms with Crippen LogP contribution in [0.2, 0.25) is 0 Å². The van der Waals surface area contributed by atoms with E-state index < -0.39 is 0 Å². The van der Waals surface area contributed by atoms with Crippen LogP contribution >= 0.6 is 0 Å². The number of piperazine rings is 1. The standard InChI is InChI=1S/C17H29N3O/c1-13(2)9-15-10-19-17(3,4)12-20(15)11-14-7-6-8-18-16(14)21-5/h6-8,13,15,19H,9-12H2,1-5H3. The van der Waals surface area contributed by atoms with Crippen molar-refractivity contribution in [1.29, 1.82) is 0 Å². The molecule has 1 aromatic rings. The quantitative estimate of drug-likeness (QED) is 0.905. The van der Waals surface area contributed by atoms with Crippen LogP contribution < -0.4 is 10.1 Å². The Balaban J connectivity index is 2.15. The van der Waals surface area contributed by atoms with Crippen molar-refractivity contribution >= 4 is 0 Å². The molecule has 0 aliphatic carbocycles. The van der Waals surface area contributed by atoms with Gasteiger partial charge in [-0.15, -0.1) is 0 Å². The minimum atomic E-state index is 0.156. The Morgan fingerprint density at radius 2 is 2.24 bits per heavy atom. The first-order valence-electron chi connectivity index (χ1n) is 7.88. The van der Waals surface area contributed by atoms with Gasteiger partial charge in [-0.25, -0.2) is 4.98 Å². The van der Waals surface area contributed by atoms with Gasteiger partial charge in [0.25, 0.3) is 0 Å². The van der Waals surface area contributed by atoms with E-state index >= 15 is 0 Å². The summed E-state index contributed by atoms with van der Waals surface area (Å²) in [4.78, 5) is 6.90. The van der Waals surface area contributed by atoms with E-state index in [0.717, 1.165) is 25.5 Å². The van der Waals surface area contributed by atoms with E-state index in [-0.39, 0.29) is 5.54 Å². The van der Waals surface area contributed by atoms with Crippen molar-refractivity contribution < 1.29 is 4.74 Å². The SMILES string of the molecule is COc1ncccc1CN1CC(C)(C)NCC1CC(C)C. The minimum absolute atomic E-state index is 0.156. The molecule has 0 amide bonds. The maximum absolute atomic E-state index is 5.40. The molecule has 0 aromatic carbocycles. The molecule has 1 N–H and O–H groups in total. The number of hydrogen-bond acceptors (Lipinski definition) is 4. The molecule has 1 saturated heterocycles. The molecule has 1 aliphatic rings. The van der Waals surface area contributed by atoms with E-state index in [1.54, 1.807) is 13.3 Å². The molecule has 118 valence electrons. The van der Waals surface area contributed by atoms with Gasteiger partial charge in [0.1, 0.15) is 0 Å². The van der Waals surface area contributed by atoms with Crippen LogP contribution in [0.1, 0.15) is 39.7 Å². The number of rotatable bonds is 5. The normalized spacial score (nSPS) is 22.5. The monoisotopic (exact) mass is 291 g/mol. The third kappa shape index (κ3) is 4.42. The highest BCUT2D eigenvalue weighted by molar-refractivity contribution is 5.25. The number of hydrogen-bond donors (Lipinski definition) is 1. The maximum Gasteiger partial charge on any atom is 0.217 e. The van der Waals surface area contributed by atoms with E-state index in [1.165, 1.54) is 12.0 Å². The molecule has 0 radical (unpaired) electrons. The molecule has 0 spiro atoms. The molecule has 1 atom stereocenters. The van der Waals surface area contributed by atoms with Crippen LogP contribution in [0, 0.1) is 5.92 Å². The smallest absolute Gasteiger partial charge is 0.217 e. The average molecular weight is 291 g/mol. The van der Waals surface area contributed by atoms with Crippen LogP contribution in [0.4, 0.5) is 0 Å². The summed E-state index contributed by atoms with van der Waals surface area (Å²) in [5, 5.41) is 3.67. The second-order valence-electron chi connectivity index (χ2n) is 7.12. The largest absolute Gasteiger partial charge is 0.481 e. The van der Waals surface area contributed by atoms with Gasteiger partial charge in [0.15, 0.2) is 0 Å². The molecule has 1 fully saturated rings. The molecule has 4 nitrogen and oxygen atoms in total. The first-order valence-corrected chi connectivity index (χ1v) is 7.88. The van der Waals surface area contributed by atoms with Crippen molar-refractivity contribution in [3.05, 3.63) is 23.9 Å². The summed E-state index contributed by atoms with van der Waals surface area (Å²) >= 11 is 0. The van der Waals surface area contributed by atoms with Gasteiger partial charge in [-0.05, 0) is 32.3 Å². The zero-order valence-electron chi connectivity index (χ0n) is 14.0. The number of pyridine rings is 1. The molecule has 0 saturated carbocycles. The highest BCUT2D eigenvalue weighted by Crippen LogP contribution is 2.24. The molecule has 0 bridgehead atoms. The van der Waals surface area contributed by atoms with E-state index in [9.17, 15) is 0 Å². The Labute approximate surface area is 128 Å². The third-order valence-electron chi connectivity index (χ3n) is 4.09. The third-order valence-corrected chi connectivity index (χ3v) is 4.09. The summed E-state index contributed by atoms with van der Waals surface area (Å²) < 4.78 is 5.40. The van der Waals surface area contributed by atoms with Crippen molar-refractivity contribution in [1.82, 2.24) is 15.2 Å². The van der Waals surface area contributed by atoms with Gasteiger partial charge in [-0.2, -0.15) is 0 Å². The highest BCUT2D eigenvalue weighted by atomic mass is 16.5. The van der Waals surface area contributed by atoms with Gasteiger partial charge >= 0.3 is 0 Å². The van der Waals surface area contributed by atoms with E-state index in [2.05, 4.69) is 49.0 Å². The van der Waals surface area contributed by atoms with Crippen LogP contribution in [0.15, 0.2) is 18.3 Å². The van der Waals surface area contributed by atoms with E-state index in [0.29, 0.717) is 12.0 Å². The summed E-state index contributed by atoms with van der Waals surface area (Å²) in [5.74, 6) is 1.45. The fraction of sp³-hybridized carbons (Fsp3) is 0.706. The molecule has 1 unspecified atom stereocenters. The van der Waals surface area contributed by atoms with Crippen molar-refractivity contribution in [2.24, 2.45) is 5.92 Å². The van der Waals surface area contributed by atoms with Crippen LogP contribution in [0.25, 0.3) is 0 Å². The molecular formula is C17H29N3O. The predicted octanol–water partition coefficient (Wildman–Crippen LogP) is 2.69. The second-order valence-corrected chi connectivity index (χ2v) is 7.12. The second kappa shape index (κ2) is 6.75. The van der Waals surface area contributed by atoms with E-state index in [4.69, 9.17) is 4.74 Å². The van der Waals surface area contributed by atoms with Crippen LogP contribution in [-0.2, 0) is 6.54 Å². The lowest BCUT2D eigenvalue weighted by atomic mass is 9.93. The van der Waals surface area contributed by atoms with E-state index in [1.807, 2.05) is 6.07 Å². The Kier molecular flexibility index (Phi) is 5.22. The van der Waals surface area contributed by atoms with Crippen LogP contribution in [0.3, 0.4) is 0 Å². The zero-order chi connectivity index (χ0) is 15.5. The van der Waals surface area contributed by atoms with Gasteiger partial charge < -0.3 is 10.1 Å². The molecule has 21 heavy (non-hydrogen) atoms. The average Bonchev–Trinajstić information content (AvgIpc) is 2.42. The molecule has 1 aliphatic heterocycles. The fourth-order valence-corrected chi connectivity index (χ4v) is 3.12. The Bertz CT molecular complexity index is 459. The number of ether oxygens (including phenoxy) is 1. The number of nitrogens with one attached hydrogen (secondary N) is 1. The molecule has 2 heterocycles. The topological polar surface area (TPSA) is 37.4 Å². The lowest BCUT2D eigenvalue weighted by Gasteiger charge is -2.45. The summed E-state index contributed by atoms with van der Waals surface area (Å²) in [6.07, 6.45) is 3.00. The van der Waals surface area contributed by atoms with Gasteiger partial charge in [-0.1, -0.05) is 19.9 Å². The lowest BCUT2D eigenvalue weighted by molar-refractivity contribution is 0.0751. The lowest BCUT2D eigenvalue weighted by Crippen LogP contribution is -2.61. The van der Waals surface area contributed by atoms with Crippen LogP contribution in [-0.4, -0.2) is 41.7 Å². The molecular weight excluding hydrogens is 262 g/mol. The summed E-state index contributed by atoms with van der Waals surface area (Å²) in [6, 6.07) is 4.68. The van der Waals surface area contributed by atoms with Gasteiger partial charge in [0.05, 0.1) is 7.11 Å². The number of aromatic nitrogens is 1. The van der Waals surface area contributed by atoms with Crippen molar-refractivity contribution in [3.8, 4) is 5.88 Å². The molecule has 1 aromatic heterocycles. The predicted molar refractivity (Wildman–Crippen MR) is 86.5 cm³/mol.